The minimum Gasteiger partial charge on any atom is -0.465 e. The molecule has 1 aliphatic carbocycles. The standard InChI is InChI=1S/C16H32N2O2/c1-7-20-15(19)16(5,17-14-8-9-14)11-18(6)13(4)10-12(2)3/h12-14,17H,7-11H2,1-6H3. The SMILES string of the molecule is CCOC(=O)C(C)(CN(C)C(C)CC(C)C)NC1CC1. The van der Waals surface area contributed by atoms with E-state index in [1.165, 1.54) is 12.8 Å². The number of nitrogens with zero attached hydrogens (tertiary/aromatic N) is 1. The van der Waals surface area contributed by atoms with Crippen LogP contribution in [0.3, 0.4) is 0 Å². The van der Waals surface area contributed by atoms with Crippen molar-refractivity contribution in [3.05, 3.63) is 0 Å². The predicted molar refractivity (Wildman–Crippen MR) is 82.7 cm³/mol. The molecule has 0 radical (unpaired) electrons. The molecule has 118 valence electrons. The molecular weight excluding hydrogens is 252 g/mol. The van der Waals surface area contributed by atoms with Gasteiger partial charge in [-0.3, -0.25) is 10.1 Å². The van der Waals surface area contributed by atoms with Crippen molar-refractivity contribution in [1.82, 2.24) is 10.2 Å². The van der Waals surface area contributed by atoms with E-state index in [9.17, 15) is 4.79 Å². The van der Waals surface area contributed by atoms with Crippen LogP contribution in [0.5, 0.6) is 0 Å². The molecule has 0 aromatic carbocycles. The van der Waals surface area contributed by atoms with E-state index in [4.69, 9.17) is 4.74 Å². The summed E-state index contributed by atoms with van der Waals surface area (Å²) in [5.41, 5.74) is -0.600. The summed E-state index contributed by atoms with van der Waals surface area (Å²) in [4.78, 5) is 14.6. The summed E-state index contributed by atoms with van der Waals surface area (Å²) < 4.78 is 5.27. The molecule has 0 spiro atoms. The van der Waals surface area contributed by atoms with Gasteiger partial charge in [-0.1, -0.05) is 13.8 Å². The highest BCUT2D eigenvalue weighted by Gasteiger charge is 2.41. The number of nitrogens with one attached hydrogen (secondary N) is 1. The van der Waals surface area contributed by atoms with Gasteiger partial charge in [0.25, 0.3) is 0 Å². The van der Waals surface area contributed by atoms with Gasteiger partial charge < -0.3 is 9.64 Å². The lowest BCUT2D eigenvalue weighted by Gasteiger charge is -2.36. The molecule has 0 saturated heterocycles. The second kappa shape index (κ2) is 7.41. The minimum absolute atomic E-state index is 0.129. The summed E-state index contributed by atoms with van der Waals surface area (Å²) in [6.45, 7) is 11.7. The van der Waals surface area contributed by atoms with Gasteiger partial charge in [0.1, 0.15) is 5.54 Å². The Hall–Kier alpha value is -0.610. The van der Waals surface area contributed by atoms with Crippen LogP contribution in [0.25, 0.3) is 0 Å². The highest BCUT2D eigenvalue weighted by atomic mass is 16.5. The van der Waals surface area contributed by atoms with Gasteiger partial charge in [-0.25, -0.2) is 0 Å². The molecule has 2 atom stereocenters. The van der Waals surface area contributed by atoms with Gasteiger partial charge in [-0.05, 0) is 53.0 Å². The van der Waals surface area contributed by atoms with E-state index in [2.05, 4.69) is 38.0 Å². The number of hydrogen-bond donors (Lipinski definition) is 1. The average molecular weight is 284 g/mol. The smallest absolute Gasteiger partial charge is 0.327 e. The quantitative estimate of drug-likeness (QED) is 0.660. The van der Waals surface area contributed by atoms with Crippen LogP contribution in [-0.2, 0) is 9.53 Å². The third kappa shape index (κ3) is 5.41. The monoisotopic (exact) mass is 284 g/mol. The van der Waals surface area contributed by atoms with Crippen LogP contribution in [0.2, 0.25) is 0 Å². The molecule has 0 aromatic heterocycles. The fraction of sp³-hybridized carbons (Fsp3) is 0.938. The van der Waals surface area contributed by atoms with Crippen molar-refractivity contribution in [1.29, 1.82) is 0 Å². The highest BCUT2D eigenvalue weighted by molar-refractivity contribution is 5.80. The summed E-state index contributed by atoms with van der Waals surface area (Å²) in [5.74, 6) is 0.535. The number of likely N-dealkylation sites (N-methyl/N-ethyl adjacent to an activating group) is 1. The molecule has 1 aliphatic rings. The Morgan fingerprint density at radius 2 is 2.00 bits per heavy atom. The molecule has 4 heteroatoms. The number of rotatable bonds is 9. The molecule has 4 nitrogen and oxygen atoms in total. The number of esters is 1. The molecule has 0 amide bonds. The lowest BCUT2D eigenvalue weighted by Crippen LogP contribution is -2.58. The number of ether oxygens (including phenoxy) is 1. The fourth-order valence-electron chi connectivity index (χ4n) is 2.65. The van der Waals surface area contributed by atoms with E-state index in [1.54, 1.807) is 0 Å². The summed E-state index contributed by atoms with van der Waals surface area (Å²) in [6, 6.07) is 0.947. The van der Waals surface area contributed by atoms with Crippen molar-refractivity contribution in [3.8, 4) is 0 Å². The van der Waals surface area contributed by atoms with Crippen molar-refractivity contribution in [2.45, 2.75) is 71.5 Å². The molecule has 0 heterocycles. The number of carbonyl (C=O) groups excluding carboxylic acids is 1. The predicted octanol–water partition coefficient (Wildman–Crippen LogP) is 2.43. The summed E-state index contributed by atoms with van der Waals surface area (Å²) in [7, 11) is 2.10. The summed E-state index contributed by atoms with van der Waals surface area (Å²) >= 11 is 0. The van der Waals surface area contributed by atoms with E-state index in [1.807, 2.05) is 13.8 Å². The first-order valence-electron chi connectivity index (χ1n) is 7.93. The molecule has 1 saturated carbocycles. The van der Waals surface area contributed by atoms with Crippen LogP contribution < -0.4 is 5.32 Å². The van der Waals surface area contributed by atoms with Crippen molar-refractivity contribution >= 4 is 5.97 Å². The lowest BCUT2D eigenvalue weighted by atomic mass is 9.98. The minimum atomic E-state index is -0.600. The Kier molecular flexibility index (Phi) is 6.46. The van der Waals surface area contributed by atoms with E-state index in [0.717, 1.165) is 6.42 Å². The Morgan fingerprint density at radius 3 is 2.45 bits per heavy atom. The van der Waals surface area contributed by atoms with E-state index >= 15 is 0 Å². The van der Waals surface area contributed by atoms with E-state index in [0.29, 0.717) is 31.2 Å². The van der Waals surface area contributed by atoms with Gasteiger partial charge in [0.15, 0.2) is 0 Å². The zero-order valence-electron chi connectivity index (χ0n) is 14.0. The van der Waals surface area contributed by atoms with Crippen LogP contribution >= 0.6 is 0 Å². The second-order valence-electron chi connectivity index (χ2n) is 6.86. The van der Waals surface area contributed by atoms with Crippen LogP contribution in [0, 0.1) is 5.92 Å². The molecule has 0 bridgehead atoms. The molecule has 1 fully saturated rings. The Bertz CT molecular complexity index is 316. The number of hydrogen-bond acceptors (Lipinski definition) is 4. The van der Waals surface area contributed by atoms with Crippen molar-refractivity contribution < 1.29 is 9.53 Å². The van der Waals surface area contributed by atoms with Gasteiger partial charge in [-0.2, -0.15) is 0 Å². The maximum atomic E-state index is 12.3. The number of carbonyl (C=O) groups is 1. The third-order valence-corrected chi connectivity index (χ3v) is 3.96. The lowest BCUT2D eigenvalue weighted by molar-refractivity contribution is -0.151. The molecule has 0 aliphatic heterocycles. The van der Waals surface area contributed by atoms with Crippen molar-refractivity contribution in [3.63, 3.8) is 0 Å². The molecule has 0 aromatic rings. The Morgan fingerprint density at radius 1 is 1.40 bits per heavy atom. The van der Waals surface area contributed by atoms with Gasteiger partial charge in [0.2, 0.25) is 0 Å². The first kappa shape index (κ1) is 17.4. The van der Waals surface area contributed by atoms with Crippen LogP contribution in [0.1, 0.15) is 53.9 Å². The van der Waals surface area contributed by atoms with Gasteiger partial charge >= 0.3 is 5.97 Å². The second-order valence-corrected chi connectivity index (χ2v) is 6.86. The third-order valence-electron chi connectivity index (χ3n) is 3.96. The van der Waals surface area contributed by atoms with Crippen LogP contribution in [0.15, 0.2) is 0 Å². The van der Waals surface area contributed by atoms with Crippen molar-refractivity contribution in [2.24, 2.45) is 5.92 Å². The van der Waals surface area contributed by atoms with E-state index < -0.39 is 5.54 Å². The van der Waals surface area contributed by atoms with Gasteiger partial charge in [0.05, 0.1) is 6.61 Å². The molecular formula is C16H32N2O2. The fourth-order valence-corrected chi connectivity index (χ4v) is 2.65. The first-order chi connectivity index (χ1) is 9.28. The molecule has 20 heavy (non-hydrogen) atoms. The maximum Gasteiger partial charge on any atom is 0.327 e. The summed E-state index contributed by atoms with van der Waals surface area (Å²) in [5, 5.41) is 3.47. The molecule has 1 rings (SSSR count). The Labute approximate surface area is 124 Å². The largest absolute Gasteiger partial charge is 0.465 e. The topological polar surface area (TPSA) is 41.6 Å². The van der Waals surface area contributed by atoms with Gasteiger partial charge in [0, 0.05) is 18.6 Å². The van der Waals surface area contributed by atoms with Gasteiger partial charge in [-0.15, -0.1) is 0 Å². The zero-order valence-corrected chi connectivity index (χ0v) is 14.0. The average Bonchev–Trinajstić information content (AvgIpc) is 3.11. The molecule has 1 N–H and O–H groups in total. The maximum absolute atomic E-state index is 12.3. The first-order valence-corrected chi connectivity index (χ1v) is 7.93. The highest BCUT2D eigenvalue weighted by Crippen LogP contribution is 2.24. The van der Waals surface area contributed by atoms with Crippen LogP contribution in [-0.4, -0.2) is 48.7 Å². The normalized spacial score (nSPS) is 20.0. The zero-order chi connectivity index (χ0) is 15.3. The molecule has 2 unspecified atom stereocenters. The van der Waals surface area contributed by atoms with E-state index in [-0.39, 0.29) is 5.97 Å². The Balaban J connectivity index is 2.65. The van der Waals surface area contributed by atoms with Crippen molar-refractivity contribution in [2.75, 3.05) is 20.2 Å². The summed E-state index contributed by atoms with van der Waals surface area (Å²) in [6.07, 6.45) is 3.47. The van der Waals surface area contributed by atoms with Crippen LogP contribution in [0.4, 0.5) is 0 Å².